The number of nitrogens with one attached hydrogen (secondary N) is 2. The molecule has 1 saturated heterocycles. The number of fused-ring (bicyclic) bond motifs is 1. The Morgan fingerprint density at radius 2 is 2.23 bits per heavy atom. The molecule has 8 heteroatoms. The zero-order valence-corrected chi connectivity index (χ0v) is 15.3. The first-order valence-corrected chi connectivity index (χ1v) is 9.82. The second-order valence-corrected chi connectivity index (χ2v) is 8.00. The number of rotatable bonds is 6. The summed E-state index contributed by atoms with van der Waals surface area (Å²) in [5.74, 6) is -0.906. The van der Waals surface area contributed by atoms with Crippen molar-refractivity contribution in [1.29, 1.82) is 0 Å². The number of likely N-dealkylation sites (tertiary alicyclic amines) is 1. The third kappa shape index (κ3) is 3.39. The second-order valence-electron chi connectivity index (χ2n) is 6.89. The monoisotopic (exact) mass is 374 g/mol. The number of hydrogen-bond acceptors (Lipinski definition) is 5. The summed E-state index contributed by atoms with van der Waals surface area (Å²) in [5, 5.41) is 19.4. The molecule has 3 N–H and O–H groups in total. The highest BCUT2D eigenvalue weighted by molar-refractivity contribution is 7.14. The summed E-state index contributed by atoms with van der Waals surface area (Å²) in [7, 11) is 0. The molecular formula is C18H22N4O3S. The summed E-state index contributed by atoms with van der Waals surface area (Å²) < 4.78 is 0. The molecule has 0 unspecified atom stereocenters. The molecule has 1 atom stereocenters. The topological polar surface area (TPSA) is 98.3 Å². The SMILES string of the molecule is O=C(O)CN1CCC[C@@H]1c1ccc(C(=O)NCc2n[nH]c3c2CCC3)s1. The van der Waals surface area contributed by atoms with Crippen LogP contribution in [0.1, 0.15) is 56.8 Å². The Hall–Kier alpha value is -2.19. The quantitative estimate of drug-likeness (QED) is 0.719. The molecule has 4 rings (SSSR count). The zero-order valence-electron chi connectivity index (χ0n) is 14.5. The van der Waals surface area contributed by atoms with Gasteiger partial charge in [-0.25, -0.2) is 0 Å². The maximum absolute atomic E-state index is 12.5. The van der Waals surface area contributed by atoms with E-state index in [1.807, 2.05) is 17.0 Å². The summed E-state index contributed by atoms with van der Waals surface area (Å²) in [6, 6.07) is 3.89. The van der Waals surface area contributed by atoms with Crippen LogP contribution in [0, 0.1) is 0 Å². The number of carbonyl (C=O) groups is 2. The minimum Gasteiger partial charge on any atom is -0.480 e. The molecule has 1 aliphatic heterocycles. The van der Waals surface area contributed by atoms with Crippen molar-refractivity contribution in [3.63, 3.8) is 0 Å². The molecule has 26 heavy (non-hydrogen) atoms. The molecule has 1 fully saturated rings. The van der Waals surface area contributed by atoms with E-state index >= 15 is 0 Å². The van der Waals surface area contributed by atoms with Crippen molar-refractivity contribution in [1.82, 2.24) is 20.4 Å². The molecular weight excluding hydrogens is 352 g/mol. The van der Waals surface area contributed by atoms with Gasteiger partial charge in [0.2, 0.25) is 0 Å². The molecule has 0 spiro atoms. The van der Waals surface area contributed by atoms with Crippen molar-refractivity contribution in [2.24, 2.45) is 0 Å². The van der Waals surface area contributed by atoms with Crippen LogP contribution in [-0.4, -0.2) is 45.2 Å². The Morgan fingerprint density at radius 3 is 3.08 bits per heavy atom. The fourth-order valence-corrected chi connectivity index (χ4v) is 5.04. The van der Waals surface area contributed by atoms with Gasteiger partial charge >= 0.3 is 5.97 Å². The minimum atomic E-state index is -0.807. The van der Waals surface area contributed by atoms with Gasteiger partial charge in [-0.05, 0) is 56.3 Å². The Kier molecular flexibility index (Phi) is 4.78. The van der Waals surface area contributed by atoms with Crippen molar-refractivity contribution in [2.45, 2.75) is 44.7 Å². The Morgan fingerprint density at radius 1 is 1.35 bits per heavy atom. The number of aliphatic carboxylic acids is 1. The lowest BCUT2D eigenvalue weighted by molar-refractivity contribution is -0.138. The van der Waals surface area contributed by atoms with Crippen molar-refractivity contribution in [3.05, 3.63) is 38.8 Å². The highest BCUT2D eigenvalue weighted by Crippen LogP contribution is 2.35. The first kappa shape index (κ1) is 17.2. The minimum absolute atomic E-state index is 0.0500. The standard InChI is InChI=1S/C18H22N4O3S/c23-17(24)10-22-8-2-5-14(22)15-6-7-16(26-15)18(25)19-9-13-11-3-1-4-12(11)20-21-13/h6-7,14H,1-5,8-10H2,(H,19,25)(H,20,21)(H,23,24)/t14-/m1/s1. The van der Waals surface area contributed by atoms with Crippen LogP contribution in [0.3, 0.4) is 0 Å². The maximum atomic E-state index is 12.5. The van der Waals surface area contributed by atoms with Crippen molar-refractivity contribution in [2.75, 3.05) is 13.1 Å². The van der Waals surface area contributed by atoms with Gasteiger partial charge in [0.25, 0.3) is 5.91 Å². The highest BCUT2D eigenvalue weighted by atomic mass is 32.1. The van der Waals surface area contributed by atoms with E-state index in [0.717, 1.165) is 49.2 Å². The van der Waals surface area contributed by atoms with Gasteiger partial charge in [-0.15, -0.1) is 11.3 Å². The number of aryl methyl sites for hydroxylation is 1. The Bertz CT molecular complexity index is 828. The van der Waals surface area contributed by atoms with Gasteiger partial charge in [-0.2, -0.15) is 5.10 Å². The summed E-state index contributed by atoms with van der Waals surface area (Å²) in [4.78, 5) is 27.2. The summed E-state index contributed by atoms with van der Waals surface area (Å²) in [6.07, 6.45) is 5.14. The van der Waals surface area contributed by atoms with Crippen LogP contribution in [0.2, 0.25) is 0 Å². The Labute approximate surface area is 155 Å². The van der Waals surface area contributed by atoms with E-state index < -0.39 is 5.97 Å². The molecule has 7 nitrogen and oxygen atoms in total. The van der Waals surface area contributed by atoms with E-state index in [1.54, 1.807) is 0 Å². The lowest BCUT2D eigenvalue weighted by atomic mass is 10.2. The molecule has 0 bridgehead atoms. The first-order chi connectivity index (χ1) is 12.6. The van der Waals surface area contributed by atoms with Crippen molar-refractivity contribution < 1.29 is 14.7 Å². The number of aromatic nitrogens is 2. The molecule has 1 aliphatic carbocycles. The van der Waals surface area contributed by atoms with Gasteiger partial charge in [-0.3, -0.25) is 19.6 Å². The predicted molar refractivity (Wildman–Crippen MR) is 97.3 cm³/mol. The van der Waals surface area contributed by atoms with Crippen LogP contribution >= 0.6 is 11.3 Å². The van der Waals surface area contributed by atoms with E-state index in [2.05, 4.69) is 15.5 Å². The van der Waals surface area contributed by atoms with Gasteiger partial charge in [0.05, 0.1) is 23.7 Å². The zero-order chi connectivity index (χ0) is 18.1. The van der Waals surface area contributed by atoms with Crippen LogP contribution in [0.5, 0.6) is 0 Å². The van der Waals surface area contributed by atoms with Gasteiger partial charge in [0, 0.05) is 16.6 Å². The van der Waals surface area contributed by atoms with E-state index in [0.29, 0.717) is 11.4 Å². The number of carboxylic acid groups (broad SMARTS) is 1. The summed E-state index contributed by atoms with van der Waals surface area (Å²) in [5.41, 5.74) is 3.39. The number of H-pyrrole nitrogens is 1. The average Bonchev–Trinajstić information content (AvgIpc) is 3.36. The molecule has 2 aliphatic rings. The third-order valence-electron chi connectivity index (χ3n) is 5.19. The molecule has 0 saturated carbocycles. The van der Waals surface area contributed by atoms with Crippen molar-refractivity contribution >= 4 is 23.2 Å². The number of carboxylic acids is 1. The van der Waals surface area contributed by atoms with E-state index in [-0.39, 0.29) is 18.5 Å². The van der Waals surface area contributed by atoms with E-state index in [1.165, 1.54) is 22.6 Å². The van der Waals surface area contributed by atoms with Crippen LogP contribution in [0.15, 0.2) is 12.1 Å². The predicted octanol–water partition coefficient (Wildman–Crippen LogP) is 2.11. The summed E-state index contributed by atoms with van der Waals surface area (Å²) >= 11 is 1.46. The van der Waals surface area contributed by atoms with Crippen molar-refractivity contribution in [3.8, 4) is 0 Å². The maximum Gasteiger partial charge on any atom is 0.317 e. The second kappa shape index (κ2) is 7.20. The molecule has 2 aromatic heterocycles. The number of thiophene rings is 1. The molecule has 2 aromatic rings. The molecule has 3 heterocycles. The normalized spacial score (nSPS) is 19.6. The fraction of sp³-hybridized carbons (Fsp3) is 0.500. The van der Waals surface area contributed by atoms with Crippen LogP contribution < -0.4 is 5.32 Å². The number of hydrogen-bond donors (Lipinski definition) is 3. The molecule has 138 valence electrons. The van der Waals surface area contributed by atoms with Crippen LogP contribution in [0.4, 0.5) is 0 Å². The molecule has 1 amide bonds. The third-order valence-corrected chi connectivity index (χ3v) is 6.37. The van der Waals surface area contributed by atoms with E-state index in [9.17, 15) is 9.59 Å². The summed E-state index contributed by atoms with van der Waals surface area (Å²) in [6.45, 7) is 1.28. The number of carbonyl (C=O) groups excluding carboxylic acids is 1. The lowest BCUT2D eigenvalue weighted by Crippen LogP contribution is -2.28. The highest BCUT2D eigenvalue weighted by Gasteiger charge is 2.29. The number of nitrogens with zero attached hydrogens (tertiary/aromatic N) is 2. The van der Waals surface area contributed by atoms with Gasteiger partial charge in [-0.1, -0.05) is 0 Å². The molecule has 0 aromatic carbocycles. The number of aromatic amines is 1. The van der Waals surface area contributed by atoms with Crippen LogP contribution in [-0.2, 0) is 24.2 Å². The number of amides is 1. The van der Waals surface area contributed by atoms with Gasteiger partial charge < -0.3 is 10.4 Å². The van der Waals surface area contributed by atoms with Gasteiger partial charge in [0.15, 0.2) is 0 Å². The Balaban J connectivity index is 1.39. The van der Waals surface area contributed by atoms with Gasteiger partial charge in [0.1, 0.15) is 0 Å². The average molecular weight is 374 g/mol. The lowest BCUT2D eigenvalue weighted by Gasteiger charge is -2.21. The van der Waals surface area contributed by atoms with Crippen LogP contribution in [0.25, 0.3) is 0 Å². The van der Waals surface area contributed by atoms with E-state index in [4.69, 9.17) is 5.11 Å². The largest absolute Gasteiger partial charge is 0.480 e. The smallest absolute Gasteiger partial charge is 0.317 e. The fourth-order valence-electron chi connectivity index (χ4n) is 3.95. The first-order valence-electron chi connectivity index (χ1n) is 9.00. The molecule has 0 radical (unpaired) electrons.